The first-order chi connectivity index (χ1) is 11.0. The summed E-state index contributed by atoms with van der Waals surface area (Å²) in [5, 5.41) is 5.90. The molecule has 7 nitrogen and oxygen atoms in total. The van der Waals surface area contributed by atoms with E-state index in [1.165, 1.54) is 19.1 Å². The van der Waals surface area contributed by atoms with Crippen molar-refractivity contribution in [3.05, 3.63) is 24.3 Å². The summed E-state index contributed by atoms with van der Waals surface area (Å²) in [6, 6.07) is 6.14. The predicted octanol–water partition coefficient (Wildman–Crippen LogP) is 1.06. The van der Waals surface area contributed by atoms with Gasteiger partial charge in [-0.05, 0) is 37.2 Å². The molecular formula is C15H26Cl2N4O3S. The number of rotatable bonds is 7. The molecule has 0 saturated carbocycles. The second kappa shape index (κ2) is 11.7. The summed E-state index contributed by atoms with van der Waals surface area (Å²) in [5.74, 6) is -0.188. The Bertz CT molecular complexity index is 620. The van der Waals surface area contributed by atoms with Crippen molar-refractivity contribution in [3.63, 3.8) is 0 Å². The predicted molar refractivity (Wildman–Crippen MR) is 104 cm³/mol. The van der Waals surface area contributed by atoms with E-state index < -0.39 is 10.0 Å². The van der Waals surface area contributed by atoms with Crippen LogP contribution in [0.5, 0.6) is 0 Å². The summed E-state index contributed by atoms with van der Waals surface area (Å²) in [5.41, 5.74) is 0.579. The SMILES string of the molecule is CC(=O)Nc1ccc(S(=O)(=O)NCCCN2CCNCC2)cc1.Cl.Cl. The Morgan fingerprint density at radius 1 is 1.16 bits per heavy atom. The molecule has 1 aromatic carbocycles. The van der Waals surface area contributed by atoms with E-state index in [1.807, 2.05) is 0 Å². The van der Waals surface area contributed by atoms with E-state index in [4.69, 9.17) is 0 Å². The maximum atomic E-state index is 12.2. The van der Waals surface area contributed by atoms with Crippen LogP contribution in [0.1, 0.15) is 13.3 Å². The van der Waals surface area contributed by atoms with E-state index in [-0.39, 0.29) is 35.6 Å². The zero-order valence-corrected chi connectivity index (χ0v) is 16.6. The average Bonchev–Trinajstić information content (AvgIpc) is 2.53. The fourth-order valence-electron chi connectivity index (χ4n) is 2.45. The van der Waals surface area contributed by atoms with Crippen molar-refractivity contribution in [1.29, 1.82) is 0 Å². The van der Waals surface area contributed by atoms with Crippen molar-refractivity contribution in [1.82, 2.24) is 14.9 Å². The van der Waals surface area contributed by atoms with E-state index in [0.717, 1.165) is 39.1 Å². The van der Waals surface area contributed by atoms with Crippen molar-refractivity contribution in [2.75, 3.05) is 44.6 Å². The summed E-state index contributed by atoms with van der Waals surface area (Å²) < 4.78 is 27.0. The average molecular weight is 413 g/mol. The maximum absolute atomic E-state index is 12.2. The molecule has 0 aromatic heterocycles. The van der Waals surface area contributed by atoms with Crippen molar-refractivity contribution in [2.24, 2.45) is 0 Å². The second-order valence-corrected chi connectivity index (χ2v) is 7.32. The Labute approximate surface area is 161 Å². The molecule has 1 fully saturated rings. The molecule has 144 valence electrons. The highest BCUT2D eigenvalue weighted by Gasteiger charge is 2.14. The molecule has 0 radical (unpaired) electrons. The number of nitrogens with one attached hydrogen (secondary N) is 3. The normalized spacial score (nSPS) is 14.9. The minimum absolute atomic E-state index is 0. The van der Waals surface area contributed by atoms with Gasteiger partial charge in [0.2, 0.25) is 15.9 Å². The Kier molecular flexibility index (Phi) is 11.2. The van der Waals surface area contributed by atoms with Gasteiger partial charge < -0.3 is 15.5 Å². The van der Waals surface area contributed by atoms with Crippen molar-refractivity contribution in [3.8, 4) is 0 Å². The fraction of sp³-hybridized carbons (Fsp3) is 0.533. The van der Waals surface area contributed by atoms with Crippen LogP contribution >= 0.6 is 24.8 Å². The van der Waals surface area contributed by atoms with E-state index in [0.29, 0.717) is 12.2 Å². The number of halogens is 2. The lowest BCUT2D eigenvalue weighted by atomic mass is 10.3. The molecule has 0 bridgehead atoms. The van der Waals surface area contributed by atoms with Gasteiger partial charge in [-0.3, -0.25) is 4.79 Å². The number of hydrogen-bond acceptors (Lipinski definition) is 5. The lowest BCUT2D eigenvalue weighted by Gasteiger charge is -2.27. The monoisotopic (exact) mass is 412 g/mol. The van der Waals surface area contributed by atoms with Gasteiger partial charge in [0.1, 0.15) is 0 Å². The first-order valence-corrected chi connectivity index (χ1v) is 9.26. The maximum Gasteiger partial charge on any atom is 0.240 e. The number of carbonyl (C=O) groups is 1. The van der Waals surface area contributed by atoms with Crippen LogP contribution in [0.15, 0.2) is 29.2 Å². The summed E-state index contributed by atoms with van der Waals surface area (Å²) in [7, 11) is -3.50. The molecule has 3 N–H and O–H groups in total. The zero-order chi connectivity index (χ0) is 16.7. The van der Waals surface area contributed by atoms with Crippen LogP contribution in [0, 0.1) is 0 Å². The molecule has 0 unspecified atom stereocenters. The Hall–Kier alpha value is -0.900. The topological polar surface area (TPSA) is 90.5 Å². The van der Waals surface area contributed by atoms with E-state index in [9.17, 15) is 13.2 Å². The van der Waals surface area contributed by atoms with Crippen LogP contribution in [-0.4, -0.2) is 58.5 Å². The number of sulfonamides is 1. The van der Waals surface area contributed by atoms with Gasteiger partial charge in [0.15, 0.2) is 0 Å². The quantitative estimate of drug-likeness (QED) is 0.582. The molecule has 2 rings (SSSR count). The minimum Gasteiger partial charge on any atom is -0.326 e. The molecule has 25 heavy (non-hydrogen) atoms. The first kappa shape index (κ1) is 24.1. The first-order valence-electron chi connectivity index (χ1n) is 7.78. The van der Waals surface area contributed by atoms with Crippen LogP contribution in [0.4, 0.5) is 5.69 Å². The molecule has 1 aromatic rings. The van der Waals surface area contributed by atoms with Crippen LogP contribution in [0.3, 0.4) is 0 Å². The summed E-state index contributed by atoms with van der Waals surface area (Å²) >= 11 is 0. The van der Waals surface area contributed by atoms with Gasteiger partial charge in [0.05, 0.1) is 4.90 Å². The highest BCUT2D eigenvalue weighted by molar-refractivity contribution is 7.89. The van der Waals surface area contributed by atoms with Gasteiger partial charge in [-0.15, -0.1) is 24.8 Å². The number of amides is 1. The van der Waals surface area contributed by atoms with Gasteiger partial charge >= 0.3 is 0 Å². The Morgan fingerprint density at radius 3 is 2.32 bits per heavy atom. The van der Waals surface area contributed by atoms with Crippen molar-refractivity contribution < 1.29 is 13.2 Å². The van der Waals surface area contributed by atoms with E-state index >= 15 is 0 Å². The van der Waals surface area contributed by atoms with Crippen LogP contribution in [0.2, 0.25) is 0 Å². The number of piperazine rings is 1. The number of benzene rings is 1. The molecule has 0 atom stereocenters. The zero-order valence-electron chi connectivity index (χ0n) is 14.2. The number of nitrogens with zero attached hydrogens (tertiary/aromatic N) is 1. The lowest BCUT2D eigenvalue weighted by molar-refractivity contribution is -0.114. The standard InChI is InChI=1S/C15H24N4O3S.2ClH/c1-13(20)18-14-3-5-15(6-4-14)23(21,22)17-7-2-10-19-11-8-16-9-12-19;;/h3-6,16-17H,2,7-12H2,1H3,(H,18,20);2*1H. The van der Waals surface area contributed by atoms with Crippen molar-refractivity contribution >= 4 is 46.4 Å². The Balaban J connectivity index is 0.00000288. The number of carbonyl (C=O) groups excluding carboxylic acids is 1. The third-order valence-corrected chi connectivity index (χ3v) is 5.11. The highest BCUT2D eigenvalue weighted by atomic mass is 35.5. The molecule has 1 amide bonds. The molecule has 1 aliphatic rings. The largest absolute Gasteiger partial charge is 0.326 e. The molecular weight excluding hydrogens is 387 g/mol. The molecule has 1 heterocycles. The molecule has 1 aliphatic heterocycles. The van der Waals surface area contributed by atoms with Gasteiger partial charge in [0, 0.05) is 45.3 Å². The van der Waals surface area contributed by atoms with Gasteiger partial charge in [0.25, 0.3) is 0 Å². The minimum atomic E-state index is -3.50. The van der Waals surface area contributed by atoms with Crippen LogP contribution in [-0.2, 0) is 14.8 Å². The molecule has 0 aliphatic carbocycles. The van der Waals surface area contributed by atoms with Gasteiger partial charge in [-0.2, -0.15) is 0 Å². The fourth-order valence-corrected chi connectivity index (χ4v) is 3.52. The van der Waals surface area contributed by atoms with Gasteiger partial charge in [-0.25, -0.2) is 13.1 Å². The third kappa shape index (κ3) is 8.35. The second-order valence-electron chi connectivity index (χ2n) is 5.55. The van der Waals surface area contributed by atoms with E-state index in [1.54, 1.807) is 12.1 Å². The summed E-state index contributed by atoms with van der Waals surface area (Å²) in [6.07, 6.45) is 0.781. The highest BCUT2D eigenvalue weighted by Crippen LogP contribution is 2.13. The summed E-state index contributed by atoms with van der Waals surface area (Å²) in [4.78, 5) is 13.5. The molecule has 0 spiro atoms. The van der Waals surface area contributed by atoms with Gasteiger partial charge in [-0.1, -0.05) is 0 Å². The van der Waals surface area contributed by atoms with E-state index in [2.05, 4.69) is 20.3 Å². The van der Waals surface area contributed by atoms with Crippen molar-refractivity contribution in [2.45, 2.75) is 18.2 Å². The number of hydrogen-bond donors (Lipinski definition) is 3. The molecule has 1 saturated heterocycles. The molecule has 10 heteroatoms. The van der Waals surface area contributed by atoms with Crippen LogP contribution < -0.4 is 15.4 Å². The lowest BCUT2D eigenvalue weighted by Crippen LogP contribution is -2.44. The number of anilines is 1. The van der Waals surface area contributed by atoms with Crippen LogP contribution in [0.25, 0.3) is 0 Å². The summed E-state index contributed by atoms with van der Waals surface area (Å²) in [6.45, 7) is 6.73. The third-order valence-electron chi connectivity index (χ3n) is 3.64. The smallest absolute Gasteiger partial charge is 0.240 e. The Morgan fingerprint density at radius 2 is 1.76 bits per heavy atom.